The van der Waals surface area contributed by atoms with Crippen molar-refractivity contribution in [2.45, 2.75) is 13.3 Å². The fraction of sp³-hybridized carbons (Fsp3) is 0.273. The van der Waals surface area contributed by atoms with Gasteiger partial charge in [0, 0.05) is 17.0 Å². The SMILES string of the molecule is Cc1cc2cc(CCS(=O)(=O)[O-])ccc2[nH]1. The first kappa shape index (κ1) is 11.2. The van der Waals surface area contributed by atoms with Crippen LogP contribution in [0, 0.1) is 6.92 Å². The maximum atomic E-state index is 10.5. The number of H-pyrrole nitrogens is 1. The second-order valence-corrected chi connectivity index (χ2v) is 5.41. The Morgan fingerprint density at radius 2 is 2.06 bits per heavy atom. The van der Waals surface area contributed by atoms with Gasteiger partial charge in [-0.25, -0.2) is 8.42 Å². The highest BCUT2D eigenvalue weighted by Crippen LogP contribution is 2.17. The molecule has 1 N–H and O–H groups in total. The molecule has 0 aliphatic heterocycles. The van der Waals surface area contributed by atoms with E-state index in [1.807, 2.05) is 31.2 Å². The average molecular weight is 238 g/mol. The third kappa shape index (κ3) is 2.62. The van der Waals surface area contributed by atoms with Crippen molar-refractivity contribution in [2.24, 2.45) is 0 Å². The van der Waals surface area contributed by atoms with Crippen molar-refractivity contribution < 1.29 is 13.0 Å². The van der Waals surface area contributed by atoms with Gasteiger partial charge in [0.05, 0.1) is 10.1 Å². The summed E-state index contributed by atoms with van der Waals surface area (Å²) in [5.74, 6) is -0.345. The van der Waals surface area contributed by atoms with E-state index in [1.165, 1.54) is 0 Å². The zero-order valence-electron chi connectivity index (χ0n) is 8.86. The average Bonchev–Trinajstić information content (AvgIpc) is 2.52. The predicted molar refractivity (Wildman–Crippen MR) is 61.3 cm³/mol. The summed E-state index contributed by atoms with van der Waals surface area (Å²) in [6.45, 7) is 1.96. The van der Waals surface area contributed by atoms with Crippen LogP contribution in [0.5, 0.6) is 0 Å². The van der Waals surface area contributed by atoms with E-state index >= 15 is 0 Å². The largest absolute Gasteiger partial charge is 0.748 e. The second-order valence-electron chi connectivity index (χ2n) is 3.89. The molecule has 1 aromatic carbocycles. The van der Waals surface area contributed by atoms with Crippen molar-refractivity contribution in [2.75, 3.05) is 5.75 Å². The Morgan fingerprint density at radius 1 is 1.31 bits per heavy atom. The number of aromatic amines is 1. The molecule has 0 aliphatic carbocycles. The lowest BCUT2D eigenvalue weighted by Crippen LogP contribution is -2.06. The van der Waals surface area contributed by atoms with Crippen LogP contribution in [0.1, 0.15) is 11.3 Å². The predicted octanol–water partition coefficient (Wildman–Crippen LogP) is 1.56. The van der Waals surface area contributed by atoms with Crippen molar-refractivity contribution >= 4 is 21.0 Å². The molecule has 0 fully saturated rings. The molecule has 0 aliphatic rings. The van der Waals surface area contributed by atoms with Gasteiger partial charge in [0.15, 0.2) is 0 Å². The Morgan fingerprint density at radius 3 is 2.75 bits per heavy atom. The lowest BCUT2D eigenvalue weighted by Gasteiger charge is -2.06. The van der Waals surface area contributed by atoms with E-state index in [1.54, 1.807) is 0 Å². The van der Waals surface area contributed by atoms with E-state index < -0.39 is 10.1 Å². The van der Waals surface area contributed by atoms with Crippen LogP contribution in [0.2, 0.25) is 0 Å². The van der Waals surface area contributed by atoms with Crippen LogP contribution in [-0.4, -0.2) is 23.7 Å². The first-order valence-corrected chi connectivity index (χ1v) is 6.53. The number of rotatable bonds is 3. The van der Waals surface area contributed by atoms with Crippen LogP contribution in [-0.2, 0) is 16.5 Å². The van der Waals surface area contributed by atoms with Crippen LogP contribution >= 0.6 is 0 Å². The first-order chi connectivity index (χ1) is 7.44. The minimum atomic E-state index is -4.13. The molecule has 0 saturated heterocycles. The van der Waals surface area contributed by atoms with E-state index in [9.17, 15) is 13.0 Å². The summed E-state index contributed by atoms with van der Waals surface area (Å²) < 4.78 is 31.5. The molecule has 2 aromatic rings. The Balaban J connectivity index is 2.25. The lowest BCUT2D eigenvalue weighted by atomic mass is 10.1. The number of benzene rings is 1. The molecule has 0 bridgehead atoms. The van der Waals surface area contributed by atoms with E-state index in [0.717, 1.165) is 22.2 Å². The van der Waals surface area contributed by atoms with Crippen LogP contribution in [0.15, 0.2) is 24.3 Å². The number of hydrogen-bond donors (Lipinski definition) is 1. The molecule has 0 amide bonds. The van der Waals surface area contributed by atoms with E-state index in [2.05, 4.69) is 4.98 Å². The Kier molecular flexibility index (Phi) is 2.73. The molecule has 16 heavy (non-hydrogen) atoms. The first-order valence-electron chi connectivity index (χ1n) is 4.96. The van der Waals surface area contributed by atoms with Gasteiger partial charge in [0.2, 0.25) is 0 Å². The maximum Gasteiger partial charge on any atom is 0.0949 e. The van der Waals surface area contributed by atoms with Gasteiger partial charge in [-0.2, -0.15) is 0 Å². The summed E-state index contributed by atoms with van der Waals surface area (Å²) in [5, 5.41) is 1.04. The standard InChI is InChI=1S/C11H13NO3S/c1-8-6-10-7-9(2-3-11(10)12-8)4-5-16(13,14)15/h2-3,6-7,12H,4-5H2,1H3,(H,13,14,15)/p-1. The molecule has 2 rings (SSSR count). The number of aromatic nitrogens is 1. The number of nitrogens with one attached hydrogen (secondary N) is 1. The summed E-state index contributed by atoms with van der Waals surface area (Å²) in [7, 11) is -4.13. The van der Waals surface area contributed by atoms with Crippen molar-refractivity contribution in [1.29, 1.82) is 0 Å². The van der Waals surface area contributed by atoms with Gasteiger partial charge in [0.25, 0.3) is 0 Å². The minimum Gasteiger partial charge on any atom is -0.748 e. The van der Waals surface area contributed by atoms with Crippen molar-refractivity contribution in [3.8, 4) is 0 Å². The molecule has 0 radical (unpaired) electrons. The van der Waals surface area contributed by atoms with E-state index in [4.69, 9.17) is 0 Å². The van der Waals surface area contributed by atoms with Crippen LogP contribution < -0.4 is 0 Å². The molecule has 0 spiro atoms. The summed E-state index contributed by atoms with van der Waals surface area (Å²) >= 11 is 0. The fourth-order valence-electron chi connectivity index (χ4n) is 1.73. The quantitative estimate of drug-likeness (QED) is 0.825. The van der Waals surface area contributed by atoms with Crippen molar-refractivity contribution in [3.05, 3.63) is 35.5 Å². The Hall–Kier alpha value is -1.33. The zero-order valence-corrected chi connectivity index (χ0v) is 9.67. The van der Waals surface area contributed by atoms with Crippen molar-refractivity contribution in [1.82, 2.24) is 4.98 Å². The fourth-order valence-corrected chi connectivity index (χ4v) is 2.21. The molecular formula is C11H12NO3S-. The van der Waals surface area contributed by atoms with Gasteiger partial charge in [-0.1, -0.05) is 6.07 Å². The van der Waals surface area contributed by atoms with Gasteiger partial charge in [-0.05, 0) is 42.5 Å². The molecular weight excluding hydrogens is 226 g/mol. The third-order valence-electron chi connectivity index (χ3n) is 2.46. The van der Waals surface area contributed by atoms with E-state index in [0.29, 0.717) is 0 Å². The number of hydrogen-bond acceptors (Lipinski definition) is 3. The number of fused-ring (bicyclic) bond motifs is 1. The Labute approximate surface area is 94.0 Å². The summed E-state index contributed by atoms with van der Waals surface area (Å²) in [6.07, 6.45) is 0.270. The van der Waals surface area contributed by atoms with Crippen LogP contribution in [0.4, 0.5) is 0 Å². The summed E-state index contributed by atoms with van der Waals surface area (Å²) in [5.41, 5.74) is 2.95. The summed E-state index contributed by atoms with van der Waals surface area (Å²) in [4.78, 5) is 3.18. The van der Waals surface area contributed by atoms with Gasteiger partial charge in [-0.3, -0.25) is 0 Å². The molecule has 86 valence electrons. The van der Waals surface area contributed by atoms with Crippen LogP contribution in [0.25, 0.3) is 10.9 Å². The molecule has 4 nitrogen and oxygen atoms in total. The number of aryl methyl sites for hydroxylation is 2. The smallest absolute Gasteiger partial charge is 0.0949 e. The minimum absolute atomic E-state index is 0.270. The second kappa shape index (κ2) is 3.92. The maximum absolute atomic E-state index is 10.5. The topological polar surface area (TPSA) is 73.0 Å². The van der Waals surface area contributed by atoms with Crippen molar-refractivity contribution in [3.63, 3.8) is 0 Å². The Bertz CT molecular complexity index is 613. The van der Waals surface area contributed by atoms with Crippen LogP contribution in [0.3, 0.4) is 0 Å². The highest BCUT2D eigenvalue weighted by molar-refractivity contribution is 7.85. The molecule has 0 unspecified atom stereocenters. The highest BCUT2D eigenvalue weighted by atomic mass is 32.2. The van der Waals surface area contributed by atoms with Gasteiger partial charge < -0.3 is 9.54 Å². The van der Waals surface area contributed by atoms with Gasteiger partial charge >= 0.3 is 0 Å². The molecule has 1 heterocycles. The van der Waals surface area contributed by atoms with Gasteiger partial charge in [0.1, 0.15) is 0 Å². The summed E-state index contributed by atoms with van der Waals surface area (Å²) in [6, 6.07) is 7.63. The third-order valence-corrected chi connectivity index (χ3v) is 3.16. The molecule has 5 heteroatoms. The molecule has 0 atom stereocenters. The monoisotopic (exact) mass is 238 g/mol. The zero-order chi connectivity index (χ0) is 11.8. The van der Waals surface area contributed by atoms with E-state index in [-0.39, 0.29) is 12.2 Å². The van der Waals surface area contributed by atoms with Gasteiger partial charge in [-0.15, -0.1) is 0 Å². The lowest BCUT2D eigenvalue weighted by molar-refractivity contribution is 0.462. The highest BCUT2D eigenvalue weighted by Gasteiger charge is 2.01. The molecule has 0 saturated carbocycles. The molecule has 1 aromatic heterocycles. The normalized spacial score (nSPS) is 12.1.